The summed E-state index contributed by atoms with van der Waals surface area (Å²) >= 11 is 0. The van der Waals surface area contributed by atoms with E-state index in [0.29, 0.717) is 31.3 Å². The van der Waals surface area contributed by atoms with Gasteiger partial charge in [0, 0.05) is 36.6 Å². The number of nitrogens with two attached hydrogens (primary N) is 1. The van der Waals surface area contributed by atoms with Crippen LogP contribution in [0.2, 0.25) is 0 Å². The minimum atomic E-state index is -1.07. The van der Waals surface area contributed by atoms with Gasteiger partial charge in [0.05, 0.1) is 6.61 Å². The van der Waals surface area contributed by atoms with Gasteiger partial charge in [0.1, 0.15) is 30.0 Å². The molecule has 190 valence electrons. The first-order valence-corrected chi connectivity index (χ1v) is 11.4. The molecule has 1 aliphatic rings. The lowest BCUT2D eigenvalue weighted by Crippen LogP contribution is -2.53. The molecule has 0 saturated carbocycles. The Hall–Kier alpha value is -4.74. The number of carbonyl (C=O) groups is 3. The molecular weight excluding hydrogens is 480 g/mol. The highest BCUT2D eigenvalue weighted by Crippen LogP contribution is 2.38. The second-order valence-corrected chi connectivity index (χ2v) is 7.81. The summed E-state index contributed by atoms with van der Waals surface area (Å²) in [4.78, 5) is 40.2. The first-order valence-electron chi connectivity index (χ1n) is 11.4. The smallest absolute Gasteiger partial charge is 0.423 e. The number of imide groups is 1. The van der Waals surface area contributed by atoms with Gasteiger partial charge in [0.2, 0.25) is 5.88 Å². The van der Waals surface area contributed by atoms with Gasteiger partial charge in [-0.2, -0.15) is 4.48 Å². The van der Waals surface area contributed by atoms with E-state index in [4.69, 9.17) is 24.7 Å². The molecule has 11 nitrogen and oxygen atoms in total. The molecule has 1 atom stereocenters. The Bertz CT molecular complexity index is 1330. The summed E-state index contributed by atoms with van der Waals surface area (Å²) in [5.41, 5.74) is 7.22. The van der Waals surface area contributed by atoms with E-state index >= 15 is 0 Å². The van der Waals surface area contributed by atoms with Gasteiger partial charge in [-0.25, -0.2) is 24.7 Å². The zero-order valence-corrected chi connectivity index (χ0v) is 20.0. The fraction of sp³-hybridized carbons (Fsp3) is 0.154. The van der Waals surface area contributed by atoms with Crippen LogP contribution in [0, 0.1) is 0 Å². The molecule has 4 rings (SSSR count). The number of fused-ring (bicyclic) bond motifs is 1. The average molecular weight is 506 g/mol. The number of amides is 4. The van der Waals surface area contributed by atoms with Crippen molar-refractivity contribution in [1.82, 2.24) is 14.8 Å². The Kier molecular flexibility index (Phi) is 7.77. The first-order chi connectivity index (χ1) is 17.9. The average Bonchev–Trinajstić information content (AvgIpc) is 3.24. The van der Waals surface area contributed by atoms with Crippen molar-refractivity contribution in [2.45, 2.75) is 6.92 Å². The second-order valence-electron chi connectivity index (χ2n) is 7.81. The van der Waals surface area contributed by atoms with Crippen molar-refractivity contribution in [1.29, 1.82) is 0 Å². The number of rotatable bonds is 8. The van der Waals surface area contributed by atoms with Crippen LogP contribution in [-0.2, 0) is 4.74 Å². The minimum absolute atomic E-state index is 0.0936. The van der Waals surface area contributed by atoms with E-state index in [-0.39, 0.29) is 16.1 Å². The third-order valence-corrected chi connectivity index (χ3v) is 5.42. The van der Waals surface area contributed by atoms with E-state index < -0.39 is 18.2 Å². The SMILES string of the molecule is CCOCC[N+]1(C(N)=O)C=Cc2cc(Oc3ccnc(OC(=O)NC(=O)Oc4ccccc4)c3)ccc21. The highest BCUT2D eigenvalue weighted by atomic mass is 16.6. The zero-order valence-electron chi connectivity index (χ0n) is 20.0. The summed E-state index contributed by atoms with van der Waals surface area (Å²) in [6.45, 7) is 3.17. The molecule has 2 aromatic carbocycles. The van der Waals surface area contributed by atoms with Crippen LogP contribution in [0.3, 0.4) is 0 Å². The van der Waals surface area contributed by atoms with E-state index in [1.54, 1.807) is 66.9 Å². The van der Waals surface area contributed by atoms with Crippen molar-refractivity contribution in [3.05, 3.63) is 78.6 Å². The van der Waals surface area contributed by atoms with Gasteiger partial charge in [-0.3, -0.25) is 0 Å². The van der Waals surface area contributed by atoms with Crippen LogP contribution in [0.4, 0.5) is 20.1 Å². The lowest BCUT2D eigenvalue weighted by molar-refractivity contribution is 0.133. The number of aromatic nitrogens is 1. The van der Waals surface area contributed by atoms with Gasteiger partial charge in [-0.1, -0.05) is 18.2 Å². The number of para-hydroxylation sites is 1. The molecule has 0 spiro atoms. The van der Waals surface area contributed by atoms with E-state index in [2.05, 4.69) is 4.98 Å². The molecule has 1 aromatic heterocycles. The van der Waals surface area contributed by atoms with Crippen molar-refractivity contribution in [3.8, 4) is 23.1 Å². The van der Waals surface area contributed by atoms with Gasteiger partial charge in [-0.05, 0) is 37.3 Å². The summed E-state index contributed by atoms with van der Waals surface area (Å²) < 4.78 is 21.2. The third-order valence-electron chi connectivity index (χ3n) is 5.42. The number of nitrogens with one attached hydrogen (secondary N) is 1. The Morgan fingerprint density at radius 2 is 1.70 bits per heavy atom. The molecule has 3 N–H and O–H groups in total. The minimum Gasteiger partial charge on any atom is -0.457 e. The molecule has 1 unspecified atom stereocenters. The highest BCUT2D eigenvalue weighted by molar-refractivity contribution is 5.94. The topological polar surface area (TPSA) is 139 Å². The number of hydrogen-bond acceptors (Lipinski definition) is 8. The Morgan fingerprint density at radius 3 is 2.46 bits per heavy atom. The Balaban J connectivity index is 1.39. The van der Waals surface area contributed by atoms with Crippen LogP contribution >= 0.6 is 0 Å². The van der Waals surface area contributed by atoms with Crippen molar-refractivity contribution in [3.63, 3.8) is 0 Å². The van der Waals surface area contributed by atoms with Crippen LogP contribution in [0.15, 0.2) is 73.1 Å². The first kappa shape index (κ1) is 25.4. The standard InChI is InChI=1S/C26H24N4O7/c1-2-34-15-14-30(24(27)31)13-11-18-16-20(8-9-22(18)30)35-21-10-12-28-23(17-21)37-26(33)29-25(32)36-19-6-4-3-5-7-19/h3-13,16-17H,2,14-15H2,1H3,(H2-,27,29,31,32,33)/p+1. The molecule has 1 aliphatic heterocycles. The molecule has 0 saturated heterocycles. The fourth-order valence-electron chi connectivity index (χ4n) is 3.70. The number of quaternary nitrogens is 1. The van der Waals surface area contributed by atoms with Crippen LogP contribution in [0.1, 0.15) is 12.5 Å². The maximum Gasteiger partial charge on any atom is 0.423 e. The van der Waals surface area contributed by atoms with Crippen molar-refractivity contribution < 1.29 is 33.3 Å². The largest absolute Gasteiger partial charge is 0.457 e. The zero-order chi connectivity index (χ0) is 26.3. The molecule has 2 heterocycles. The van der Waals surface area contributed by atoms with Gasteiger partial charge in [0.25, 0.3) is 0 Å². The van der Waals surface area contributed by atoms with Crippen molar-refractivity contribution in [2.24, 2.45) is 5.73 Å². The molecule has 11 heteroatoms. The third kappa shape index (κ3) is 6.10. The number of pyridine rings is 1. The van der Waals surface area contributed by atoms with E-state index in [1.165, 1.54) is 12.3 Å². The number of hydrogen-bond donors (Lipinski definition) is 2. The monoisotopic (exact) mass is 505 g/mol. The maximum absolute atomic E-state index is 12.3. The summed E-state index contributed by atoms with van der Waals surface area (Å²) in [5.74, 6) is 0.986. The molecular formula is C26H25N4O7+. The fourth-order valence-corrected chi connectivity index (χ4v) is 3.70. The van der Waals surface area contributed by atoms with Gasteiger partial charge < -0.3 is 24.7 Å². The maximum atomic E-state index is 12.3. The molecule has 37 heavy (non-hydrogen) atoms. The molecule has 0 radical (unpaired) electrons. The number of primary amides is 1. The second kappa shape index (κ2) is 11.3. The summed E-state index contributed by atoms with van der Waals surface area (Å²) in [5, 5.41) is 1.95. The van der Waals surface area contributed by atoms with Crippen molar-refractivity contribution >= 4 is 30.0 Å². The molecule has 3 aromatic rings. The number of nitrogens with zero attached hydrogens (tertiary/aromatic N) is 2. The predicted molar refractivity (Wildman–Crippen MR) is 134 cm³/mol. The summed E-state index contributed by atoms with van der Waals surface area (Å²) in [6.07, 6.45) is 2.85. The summed E-state index contributed by atoms with van der Waals surface area (Å²) in [6, 6.07) is 15.9. The van der Waals surface area contributed by atoms with Crippen LogP contribution in [0.5, 0.6) is 23.1 Å². The number of urea groups is 1. The molecule has 0 bridgehead atoms. The summed E-state index contributed by atoms with van der Waals surface area (Å²) in [7, 11) is 0. The molecule has 4 amide bonds. The van der Waals surface area contributed by atoms with Crippen molar-refractivity contribution in [2.75, 3.05) is 19.8 Å². The predicted octanol–water partition coefficient (Wildman–Crippen LogP) is 4.57. The van der Waals surface area contributed by atoms with Crippen LogP contribution in [0.25, 0.3) is 6.08 Å². The Labute approximate surface area is 212 Å². The molecule has 0 fully saturated rings. The van der Waals surface area contributed by atoms with E-state index in [1.807, 2.05) is 12.2 Å². The quantitative estimate of drug-likeness (QED) is 0.335. The normalized spacial score (nSPS) is 15.5. The van der Waals surface area contributed by atoms with Gasteiger partial charge in [0.15, 0.2) is 5.69 Å². The van der Waals surface area contributed by atoms with Crippen LogP contribution in [-0.4, -0.2) is 43.0 Å². The lowest BCUT2D eigenvalue weighted by Gasteiger charge is -2.27. The number of carbonyl (C=O) groups excluding carboxylic acids is 3. The number of benzene rings is 2. The van der Waals surface area contributed by atoms with E-state index in [9.17, 15) is 14.4 Å². The van der Waals surface area contributed by atoms with Crippen LogP contribution < -0.4 is 29.7 Å². The highest BCUT2D eigenvalue weighted by Gasteiger charge is 2.40. The van der Waals surface area contributed by atoms with Gasteiger partial charge >= 0.3 is 18.2 Å². The molecule has 0 aliphatic carbocycles. The van der Waals surface area contributed by atoms with Gasteiger partial charge in [-0.15, -0.1) is 0 Å². The lowest BCUT2D eigenvalue weighted by atomic mass is 10.1. The Morgan fingerprint density at radius 1 is 0.946 bits per heavy atom. The van der Waals surface area contributed by atoms with E-state index in [0.717, 1.165) is 11.3 Å². The number of ether oxygens (including phenoxy) is 4.